The molecule has 0 bridgehead atoms. The van der Waals surface area contributed by atoms with Gasteiger partial charge in [-0.15, -0.1) is 0 Å². The second-order valence-corrected chi connectivity index (χ2v) is 4.68. The minimum absolute atomic E-state index is 0.252. The molecule has 19 heavy (non-hydrogen) atoms. The van der Waals surface area contributed by atoms with Gasteiger partial charge in [-0.25, -0.2) is 0 Å². The predicted octanol–water partition coefficient (Wildman–Crippen LogP) is 2.12. The summed E-state index contributed by atoms with van der Waals surface area (Å²) in [5.74, 6) is 0.252. The summed E-state index contributed by atoms with van der Waals surface area (Å²) >= 11 is 0. The Hall–Kier alpha value is -1.97. The summed E-state index contributed by atoms with van der Waals surface area (Å²) in [5.41, 5.74) is 3.19. The van der Waals surface area contributed by atoms with Crippen molar-refractivity contribution >= 4 is 5.78 Å². The van der Waals surface area contributed by atoms with E-state index in [0.717, 1.165) is 29.8 Å². The molecule has 100 valence electrons. The summed E-state index contributed by atoms with van der Waals surface area (Å²) < 4.78 is 1.81. The van der Waals surface area contributed by atoms with Crippen LogP contribution >= 0.6 is 0 Å². The average Bonchev–Trinajstić information content (AvgIpc) is 2.78. The Morgan fingerprint density at radius 3 is 2.68 bits per heavy atom. The van der Waals surface area contributed by atoms with Crippen LogP contribution in [0.15, 0.2) is 30.6 Å². The summed E-state index contributed by atoms with van der Waals surface area (Å²) in [4.78, 5) is 15.9. The third-order valence-electron chi connectivity index (χ3n) is 3.21. The highest BCUT2D eigenvalue weighted by atomic mass is 16.1. The molecule has 2 aromatic heterocycles. The second-order valence-electron chi connectivity index (χ2n) is 4.68. The Morgan fingerprint density at radius 1 is 1.32 bits per heavy atom. The van der Waals surface area contributed by atoms with Crippen LogP contribution in [0.25, 0.3) is 0 Å². The predicted molar refractivity (Wildman–Crippen MR) is 73.9 cm³/mol. The fraction of sp³-hybridized carbons (Fsp3) is 0.400. The number of nitrogens with zero attached hydrogens (tertiary/aromatic N) is 3. The van der Waals surface area contributed by atoms with Crippen molar-refractivity contribution in [2.45, 2.75) is 32.6 Å². The Kier molecular flexibility index (Phi) is 4.44. The van der Waals surface area contributed by atoms with Crippen LogP contribution < -0.4 is 0 Å². The van der Waals surface area contributed by atoms with Gasteiger partial charge in [-0.1, -0.05) is 6.92 Å². The number of carbonyl (C=O) groups excluding carboxylic acids is 1. The monoisotopic (exact) mass is 257 g/mol. The summed E-state index contributed by atoms with van der Waals surface area (Å²) in [6.45, 7) is 2.07. The molecule has 0 unspecified atom stereocenters. The molecule has 0 aliphatic heterocycles. The number of pyridine rings is 1. The third-order valence-corrected chi connectivity index (χ3v) is 3.21. The lowest BCUT2D eigenvalue weighted by Gasteiger charge is -2.02. The Labute approximate surface area is 113 Å². The first-order chi connectivity index (χ1) is 9.19. The summed E-state index contributed by atoms with van der Waals surface area (Å²) in [6.07, 6.45) is 6.23. The molecule has 0 aliphatic rings. The number of aryl methyl sites for hydroxylation is 3. The zero-order valence-electron chi connectivity index (χ0n) is 11.5. The van der Waals surface area contributed by atoms with Crippen LogP contribution in [-0.4, -0.2) is 20.5 Å². The molecule has 0 amide bonds. The number of hydrogen-bond acceptors (Lipinski definition) is 3. The highest BCUT2D eigenvalue weighted by Crippen LogP contribution is 2.08. The minimum atomic E-state index is 0.252. The Balaban J connectivity index is 1.89. The van der Waals surface area contributed by atoms with Gasteiger partial charge in [0.05, 0.1) is 5.69 Å². The number of hydrogen-bond donors (Lipinski definition) is 0. The van der Waals surface area contributed by atoms with Gasteiger partial charge >= 0.3 is 0 Å². The van der Waals surface area contributed by atoms with Gasteiger partial charge in [-0.3, -0.25) is 14.5 Å². The van der Waals surface area contributed by atoms with Crippen molar-refractivity contribution in [3.05, 3.63) is 47.5 Å². The lowest BCUT2D eigenvalue weighted by Crippen LogP contribution is -2.08. The van der Waals surface area contributed by atoms with Crippen LogP contribution in [0.2, 0.25) is 0 Å². The Bertz CT molecular complexity index is 546. The van der Waals surface area contributed by atoms with E-state index in [2.05, 4.69) is 17.0 Å². The normalized spacial score (nSPS) is 10.6. The first-order valence-electron chi connectivity index (χ1n) is 6.61. The van der Waals surface area contributed by atoms with Crippen molar-refractivity contribution in [1.29, 1.82) is 0 Å². The van der Waals surface area contributed by atoms with E-state index in [-0.39, 0.29) is 5.78 Å². The topological polar surface area (TPSA) is 47.8 Å². The van der Waals surface area contributed by atoms with Gasteiger partial charge in [0.15, 0.2) is 0 Å². The maximum Gasteiger partial charge on any atom is 0.139 e. The quantitative estimate of drug-likeness (QED) is 0.796. The molecule has 2 aromatic rings. The minimum Gasteiger partial charge on any atom is -0.299 e. The molecule has 4 nitrogen and oxygen atoms in total. The van der Waals surface area contributed by atoms with Gasteiger partial charge < -0.3 is 0 Å². The first-order valence-corrected chi connectivity index (χ1v) is 6.61. The SMILES string of the molecule is CCc1cc(CC(=O)CCc2ccncc2)n(C)n1. The van der Waals surface area contributed by atoms with Crippen molar-refractivity contribution in [2.75, 3.05) is 0 Å². The zero-order valence-corrected chi connectivity index (χ0v) is 11.5. The van der Waals surface area contributed by atoms with Crippen LogP contribution in [0.5, 0.6) is 0 Å². The van der Waals surface area contributed by atoms with Gasteiger partial charge in [0.1, 0.15) is 5.78 Å². The molecule has 2 heterocycles. The number of ketones is 1. The van der Waals surface area contributed by atoms with Crippen LogP contribution in [0, 0.1) is 0 Å². The molecule has 0 aliphatic carbocycles. The maximum absolute atomic E-state index is 12.0. The van der Waals surface area contributed by atoms with Crippen molar-refractivity contribution in [1.82, 2.24) is 14.8 Å². The third kappa shape index (κ3) is 3.74. The van der Waals surface area contributed by atoms with Gasteiger partial charge in [-0.05, 0) is 36.6 Å². The zero-order chi connectivity index (χ0) is 13.7. The first kappa shape index (κ1) is 13.5. The molecule has 4 heteroatoms. The van der Waals surface area contributed by atoms with Crippen molar-refractivity contribution in [3.8, 4) is 0 Å². The van der Waals surface area contributed by atoms with Crippen LogP contribution in [-0.2, 0) is 31.1 Å². The van der Waals surface area contributed by atoms with Gasteiger partial charge in [0.2, 0.25) is 0 Å². The number of aromatic nitrogens is 3. The number of rotatable bonds is 6. The molecule has 0 saturated heterocycles. The Morgan fingerprint density at radius 2 is 2.05 bits per heavy atom. The molecule has 0 spiro atoms. The van der Waals surface area contributed by atoms with E-state index < -0.39 is 0 Å². The highest BCUT2D eigenvalue weighted by molar-refractivity contribution is 5.80. The standard InChI is InChI=1S/C15H19N3O/c1-3-13-10-14(18(2)17-13)11-15(19)5-4-12-6-8-16-9-7-12/h6-10H,3-5,11H2,1-2H3. The lowest BCUT2D eigenvalue weighted by atomic mass is 10.1. The van der Waals surface area contributed by atoms with E-state index >= 15 is 0 Å². The second kappa shape index (κ2) is 6.27. The van der Waals surface area contributed by atoms with E-state index in [0.29, 0.717) is 12.8 Å². The van der Waals surface area contributed by atoms with E-state index in [1.54, 1.807) is 12.4 Å². The van der Waals surface area contributed by atoms with Crippen LogP contribution in [0.4, 0.5) is 0 Å². The lowest BCUT2D eigenvalue weighted by molar-refractivity contribution is -0.118. The molecule has 0 aromatic carbocycles. The smallest absolute Gasteiger partial charge is 0.139 e. The number of carbonyl (C=O) groups is 1. The summed E-state index contributed by atoms with van der Waals surface area (Å²) in [7, 11) is 1.89. The van der Waals surface area contributed by atoms with Gasteiger partial charge in [-0.2, -0.15) is 5.10 Å². The van der Waals surface area contributed by atoms with Gasteiger partial charge in [0, 0.05) is 38.0 Å². The molecule has 0 radical (unpaired) electrons. The molecular weight excluding hydrogens is 238 g/mol. The molecule has 0 fully saturated rings. The summed E-state index contributed by atoms with van der Waals surface area (Å²) in [5, 5.41) is 4.36. The largest absolute Gasteiger partial charge is 0.299 e. The number of Topliss-reactive ketones (excluding diaryl/α,β-unsaturated/α-hetero) is 1. The van der Waals surface area contributed by atoms with Crippen molar-refractivity contribution < 1.29 is 4.79 Å². The van der Waals surface area contributed by atoms with Crippen LogP contribution in [0.1, 0.15) is 30.3 Å². The molecule has 2 rings (SSSR count). The highest BCUT2D eigenvalue weighted by Gasteiger charge is 2.09. The van der Waals surface area contributed by atoms with E-state index in [4.69, 9.17) is 0 Å². The molecule has 0 N–H and O–H groups in total. The molecule has 0 saturated carbocycles. The molecule has 0 atom stereocenters. The van der Waals surface area contributed by atoms with E-state index in [9.17, 15) is 4.79 Å². The average molecular weight is 257 g/mol. The summed E-state index contributed by atoms with van der Waals surface area (Å²) in [6, 6.07) is 5.92. The van der Waals surface area contributed by atoms with Crippen LogP contribution in [0.3, 0.4) is 0 Å². The van der Waals surface area contributed by atoms with E-state index in [1.165, 1.54) is 0 Å². The van der Waals surface area contributed by atoms with Crippen molar-refractivity contribution in [2.24, 2.45) is 7.05 Å². The fourth-order valence-electron chi connectivity index (χ4n) is 2.03. The molecular formula is C15H19N3O. The van der Waals surface area contributed by atoms with Gasteiger partial charge in [0.25, 0.3) is 0 Å². The fourth-order valence-corrected chi connectivity index (χ4v) is 2.03. The maximum atomic E-state index is 12.0. The van der Waals surface area contributed by atoms with Crippen molar-refractivity contribution in [3.63, 3.8) is 0 Å². The van der Waals surface area contributed by atoms with E-state index in [1.807, 2.05) is 29.9 Å².